The van der Waals surface area contributed by atoms with E-state index in [9.17, 15) is 4.79 Å². The summed E-state index contributed by atoms with van der Waals surface area (Å²) >= 11 is 12.4. The van der Waals surface area contributed by atoms with Gasteiger partial charge in [0.05, 0.1) is 53.5 Å². The zero-order valence-electron chi connectivity index (χ0n) is 21.9. The summed E-state index contributed by atoms with van der Waals surface area (Å²) in [6, 6.07) is 10.8. The van der Waals surface area contributed by atoms with Gasteiger partial charge in [0.15, 0.2) is 5.82 Å². The van der Waals surface area contributed by atoms with Gasteiger partial charge in [0.2, 0.25) is 5.91 Å². The number of halogens is 2. The lowest BCUT2D eigenvalue weighted by molar-refractivity contribution is -0.111. The molecule has 2 N–H and O–H groups in total. The Morgan fingerprint density at radius 2 is 2.03 bits per heavy atom. The highest BCUT2D eigenvalue weighted by molar-refractivity contribution is 6.42. The summed E-state index contributed by atoms with van der Waals surface area (Å²) in [5.41, 5.74) is 2.88. The number of methoxy groups -OCH3 is 2. The van der Waals surface area contributed by atoms with Crippen molar-refractivity contribution < 1.29 is 19.1 Å². The van der Waals surface area contributed by atoms with Crippen LogP contribution in [0.1, 0.15) is 18.0 Å². The minimum Gasteiger partial charge on any atom is -0.494 e. The second-order valence-electron chi connectivity index (χ2n) is 8.70. The van der Waals surface area contributed by atoms with Gasteiger partial charge in [0, 0.05) is 39.3 Å². The highest BCUT2D eigenvalue weighted by atomic mass is 35.5. The molecule has 0 saturated carbocycles. The zero-order chi connectivity index (χ0) is 27.9. The fraction of sp³-hybridized carbons (Fsp3) is 0.296. The smallest absolute Gasteiger partial charge is 0.247 e. The number of hydroxylamine groups is 1. The third-order valence-electron chi connectivity index (χ3n) is 6.18. The first kappa shape index (κ1) is 28.4. The zero-order valence-corrected chi connectivity index (χ0v) is 23.4. The lowest BCUT2D eigenvalue weighted by Crippen LogP contribution is -2.24. The predicted octanol–water partition coefficient (Wildman–Crippen LogP) is 5.63. The summed E-state index contributed by atoms with van der Waals surface area (Å²) in [6.07, 6.45) is 3.42. The highest BCUT2D eigenvalue weighted by Crippen LogP contribution is 2.40. The number of rotatable bonds is 11. The largest absolute Gasteiger partial charge is 0.494 e. The lowest BCUT2D eigenvalue weighted by Gasteiger charge is -2.25. The van der Waals surface area contributed by atoms with Crippen molar-refractivity contribution in [2.45, 2.75) is 12.5 Å². The second kappa shape index (κ2) is 13.0. The normalized spacial score (nSPS) is 14.7. The number of ether oxygens (including phenoxy) is 2. The Morgan fingerprint density at radius 3 is 2.74 bits per heavy atom. The van der Waals surface area contributed by atoms with Crippen molar-refractivity contribution in [3.05, 3.63) is 71.0 Å². The molecule has 0 unspecified atom stereocenters. The SMILES string of the molecule is C=CC(=O)Nc1cc(Nc2cc(N3OCC[C@@H]3c3ccc(Cl)c(Cl)c3)ncn2)c(OC)cc1N(C)CCOC. The summed E-state index contributed by atoms with van der Waals surface area (Å²) in [4.78, 5) is 28.9. The number of likely N-dealkylation sites (N-methyl/N-ethyl adjacent to an activating group) is 1. The number of aromatic nitrogens is 2. The maximum Gasteiger partial charge on any atom is 0.247 e. The molecule has 1 atom stereocenters. The molecule has 0 spiro atoms. The van der Waals surface area contributed by atoms with Gasteiger partial charge in [0.1, 0.15) is 17.9 Å². The van der Waals surface area contributed by atoms with E-state index in [-0.39, 0.29) is 11.9 Å². The van der Waals surface area contributed by atoms with Crippen LogP contribution in [0.25, 0.3) is 0 Å². The first-order valence-electron chi connectivity index (χ1n) is 12.2. The molecular formula is C27H30Cl2N6O4. The van der Waals surface area contributed by atoms with E-state index in [2.05, 4.69) is 27.2 Å². The van der Waals surface area contributed by atoms with E-state index < -0.39 is 0 Å². The van der Waals surface area contributed by atoms with Gasteiger partial charge in [-0.25, -0.2) is 15.0 Å². The minimum absolute atomic E-state index is 0.0975. The number of anilines is 5. The number of nitrogens with one attached hydrogen (secondary N) is 2. The standard InChI is InChI=1S/C27H30Cl2N6O4/c1-5-27(36)33-20-13-21(24(38-4)14-23(20)34(2)9-11-37-3)32-25-15-26(31-16-30-25)35-22(8-10-39-35)17-6-7-18(28)19(29)12-17/h5-7,12-16,22H,1,8-11H2,2-4H3,(H,33,36)(H,30,31,32)/t22-/m1/s1. The number of hydrogen-bond acceptors (Lipinski definition) is 9. The summed E-state index contributed by atoms with van der Waals surface area (Å²) < 4.78 is 10.9. The molecule has 1 saturated heterocycles. The van der Waals surface area contributed by atoms with Crippen LogP contribution in [-0.2, 0) is 14.4 Å². The quantitative estimate of drug-likeness (QED) is 0.283. The number of carbonyl (C=O) groups excluding carboxylic acids is 1. The molecule has 0 bridgehead atoms. The molecule has 3 aromatic rings. The van der Waals surface area contributed by atoms with Crippen LogP contribution in [0.2, 0.25) is 10.0 Å². The summed E-state index contributed by atoms with van der Waals surface area (Å²) in [7, 11) is 5.12. The summed E-state index contributed by atoms with van der Waals surface area (Å²) in [5, 5.41) is 8.87. The Kier molecular flexibility index (Phi) is 9.47. The molecule has 2 aromatic carbocycles. The van der Waals surface area contributed by atoms with Crippen LogP contribution >= 0.6 is 23.2 Å². The van der Waals surface area contributed by atoms with E-state index in [0.717, 1.165) is 17.7 Å². The maximum absolute atomic E-state index is 12.2. The molecule has 1 aromatic heterocycles. The number of carbonyl (C=O) groups is 1. The van der Waals surface area contributed by atoms with Crippen LogP contribution in [0.3, 0.4) is 0 Å². The molecule has 0 aliphatic carbocycles. The molecule has 10 nitrogen and oxygen atoms in total. The van der Waals surface area contributed by atoms with E-state index in [0.29, 0.717) is 58.6 Å². The van der Waals surface area contributed by atoms with Crippen LogP contribution in [0.15, 0.2) is 55.4 Å². The second-order valence-corrected chi connectivity index (χ2v) is 9.52. The molecule has 206 valence electrons. The molecular weight excluding hydrogens is 543 g/mol. The lowest BCUT2D eigenvalue weighted by atomic mass is 10.0. The average molecular weight is 573 g/mol. The van der Waals surface area contributed by atoms with Gasteiger partial charge in [-0.15, -0.1) is 0 Å². The number of nitrogens with zero attached hydrogens (tertiary/aromatic N) is 4. The topological polar surface area (TPSA) is 101 Å². The average Bonchev–Trinajstić information content (AvgIpc) is 3.43. The van der Waals surface area contributed by atoms with E-state index in [1.807, 2.05) is 30.1 Å². The summed E-state index contributed by atoms with van der Waals surface area (Å²) in [5.74, 6) is 1.29. The Balaban J connectivity index is 1.64. The number of benzene rings is 2. The fourth-order valence-corrected chi connectivity index (χ4v) is 4.48. The molecule has 4 rings (SSSR count). The van der Waals surface area contributed by atoms with Gasteiger partial charge >= 0.3 is 0 Å². The van der Waals surface area contributed by atoms with E-state index >= 15 is 0 Å². The number of amides is 1. The van der Waals surface area contributed by atoms with Crippen LogP contribution in [0, 0.1) is 0 Å². The molecule has 1 aliphatic rings. The van der Waals surface area contributed by atoms with E-state index in [1.165, 1.54) is 12.4 Å². The van der Waals surface area contributed by atoms with Crippen molar-refractivity contribution in [2.24, 2.45) is 0 Å². The first-order valence-corrected chi connectivity index (χ1v) is 12.9. The van der Waals surface area contributed by atoms with Crippen molar-refractivity contribution in [2.75, 3.05) is 61.6 Å². The third-order valence-corrected chi connectivity index (χ3v) is 6.92. The van der Waals surface area contributed by atoms with Crippen LogP contribution < -0.4 is 25.3 Å². The molecule has 0 radical (unpaired) electrons. The Labute approximate surface area is 237 Å². The van der Waals surface area contributed by atoms with Crippen molar-refractivity contribution in [3.63, 3.8) is 0 Å². The Bertz CT molecular complexity index is 1340. The predicted molar refractivity (Wildman–Crippen MR) is 155 cm³/mol. The van der Waals surface area contributed by atoms with Crippen molar-refractivity contribution in [3.8, 4) is 5.75 Å². The van der Waals surface area contributed by atoms with Gasteiger partial charge in [0.25, 0.3) is 0 Å². The molecule has 39 heavy (non-hydrogen) atoms. The van der Waals surface area contributed by atoms with Crippen molar-refractivity contribution >= 4 is 57.8 Å². The molecule has 1 fully saturated rings. The van der Waals surface area contributed by atoms with Gasteiger partial charge in [-0.05, 0) is 29.8 Å². The Morgan fingerprint density at radius 1 is 1.21 bits per heavy atom. The summed E-state index contributed by atoms with van der Waals surface area (Å²) in [6.45, 7) is 5.20. The van der Waals surface area contributed by atoms with Gasteiger partial charge < -0.3 is 25.0 Å². The maximum atomic E-state index is 12.2. The molecule has 1 aliphatic heterocycles. The molecule has 12 heteroatoms. The van der Waals surface area contributed by atoms with E-state index in [1.54, 1.807) is 37.5 Å². The number of hydrogen-bond donors (Lipinski definition) is 2. The first-order chi connectivity index (χ1) is 18.8. The van der Waals surface area contributed by atoms with Crippen LogP contribution in [0.4, 0.5) is 28.7 Å². The fourth-order valence-electron chi connectivity index (χ4n) is 4.18. The third kappa shape index (κ3) is 6.72. The van der Waals surface area contributed by atoms with Gasteiger partial charge in [-0.2, -0.15) is 0 Å². The van der Waals surface area contributed by atoms with Crippen molar-refractivity contribution in [1.29, 1.82) is 0 Å². The minimum atomic E-state index is -0.337. The van der Waals surface area contributed by atoms with Crippen molar-refractivity contribution in [1.82, 2.24) is 9.97 Å². The van der Waals surface area contributed by atoms with Crippen LogP contribution in [-0.4, -0.2) is 56.9 Å². The van der Waals surface area contributed by atoms with Gasteiger partial charge in [-0.3, -0.25) is 9.63 Å². The monoisotopic (exact) mass is 572 g/mol. The highest BCUT2D eigenvalue weighted by Gasteiger charge is 2.29. The van der Waals surface area contributed by atoms with Crippen LogP contribution in [0.5, 0.6) is 5.75 Å². The van der Waals surface area contributed by atoms with Gasteiger partial charge in [-0.1, -0.05) is 35.8 Å². The molecule has 2 heterocycles. The van der Waals surface area contributed by atoms with E-state index in [4.69, 9.17) is 37.5 Å². The molecule has 1 amide bonds. The Hall–Kier alpha value is -3.57.